The molecular weight excluding hydrogens is 565 g/mol. The normalized spacial score (nSPS) is 14.6. The Kier molecular flexibility index (Phi) is 8.27. The van der Waals surface area contributed by atoms with Crippen LogP contribution in [-0.2, 0) is 17.0 Å². The molecule has 0 amide bonds. The van der Waals surface area contributed by atoms with Crippen molar-refractivity contribution in [3.63, 3.8) is 0 Å². The standard InChI is InChI=1S/C29H24ClF3N2O4S/c1-38-26-11-16(5-10-22(26)30)20-3-2-4-25-28(20)35(18-8-6-17(31)7-9-18)29(34-25)40-15-21-23(32)12-19(13-24(21)33)39-14-27(36)37/h5-13,20H,2-4,14-15H2,1H3,(H,36,37). The molecule has 1 heterocycles. The van der Waals surface area contributed by atoms with Crippen LogP contribution < -0.4 is 9.47 Å². The van der Waals surface area contributed by atoms with Crippen molar-refractivity contribution >= 4 is 29.3 Å². The van der Waals surface area contributed by atoms with Gasteiger partial charge >= 0.3 is 5.97 Å². The van der Waals surface area contributed by atoms with Crippen LogP contribution >= 0.6 is 23.4 Å². The number of hydrogen-bond acceptors (Lipinski definition) is 5. The summed E-state index contributed by atoms with van der Waals surface area (Å²) in [4.78, 5) is 15.6. The highest BCUT2D eigenvalue weighted by atomic mass is 35.5. The van der Waals surface area contributed by atoms with Gasteiger partial charge in [0.1, 0.15) is 29.0 Å². The summed E-state index contributed by atoms with van der Waals surface area (Å²) in [6, 6.07) is 13.5. The number of aryl methyl sites for hydroxylation is 1. The van der Waals surface area contributed by atoms with E-state index in [2.05, 4.69) is 0 Å². The first kappa shape index (κ1) is 27.9. The Balaban J connectivity index is 1.53. The fraction of sp³-hybridized carbons (Fsp3) is 0.241. The molecule has 40 heavy (non-hydrogen) atoms. The Hall–Kier alpha value is -3.63. The van der Waals surface area contributed by atoms with E-state index in [0.717, 1.165) is 60.1 Å². The van der Waals surface area contributed by atoms with E-state index in [-0.39, 0.29) is 28.8 Å². The number of methoxy groups -OCH3 is 1. The Bertz CT molecular complexity index is 1540. The molecule has 3 aromatic carbocycles. The summed E-state index contributed by atoms with van der Waals surface area (Å²) in [5.74, 6) is -3.18. The van der Waals surface area contributed by atoms with Crippen molar-refractivity contribution in [1.29, 1.82) is 0 Å². The molecule has 0 radical (unpaired) electrons. The Labute approximate surface area is 237 Å². The number of ether oxygens (including phenoxy) is 2. The SMILES string of the molecule is COc1cc(C2CCCc3nc(SCc4c(F)cc(OCC(=O)O)cc4F)n(-c4ccc(F)cc4)c32)ccc1Cl. The second kappa shape index (κ2) is 11.9. The van der Waals surface area contributed by atoms with Crippen LogP contribution in [0.2, 0.25) is 5.02 Å². The van der Waals surface area contributed by atoms with Crippen LogP contribution in [0, 0.1) is 17.5 Å². The van der Waals surface area contributed by atoms with Crippen molar-refractivity contribution in [3.8, 4) is 17.2 Å². The number of halogens is 4. The van der Waals surface area contributed by atoms with Gasteiger partial charge in [0.15, 0.2) is 11.8 Å². The Morgan fingerprint density at radius 1 is 1.12 bits per heavy atom. The maximum absolute atomic E-state index is 14.8. The molecular formula is C29H24ClF3N2O4S. The Morgan fingerprint density at radius 3 is 2.52 bits per heavy atom. The van der Waals surface area contributed by atoms with Crippen molar-refractivity contribution in [2.75, 3.05) is 13.7 Å². The van der Waals surface area contributed by atoms with Crippen molar-refractivity contribution in [3.05, 3.63) is 99.6 Å². The topological polar surface area (TPSA) is 73.6 Å². The molecule has 4 aromatic rings. The lowest BCUT2D eigenvalue weighted by Gasteiger charge is -2.26. The highest BCUT2D eigenvalue weighted by Gasteiger charge is 2.31. The average molecular weight is 589 g/mol. The predicted octanol–water partition coefficient (Wildman–Crippen LogP) is 7.18. The van der Waals surface area contributed by atoms with E-state index >= 15 is 0 Å². The molecule has 0 bridgehead atoms. The first-order chi connectivity index (χ1) is 19.2. The molecule has 1 aromatic heterocycles. The van der Waals surface area contributed by atoms with Crippen LogP contribution in [-0.4, -0.2) is 34.3 Å². The maximum atomic E-state index is 14.8. The summed E-state index contributed by atoms with van der Waals surface area (Å²) < 4.78 is 55.8. The quantitative estimate of drug-likeness (QED) is 0.209. The first-order valence-corrected chi connectivity index (χ1v) is 13.8. The lowest BCUT2D eigenvalue weighted by Crippen LogP contribution is -2.15. The fourth-order valence-electron chi connectivity index (χ4n) is 4.84. The third kappa shape index (κ3) is 5.78. The lowest BCUT2D eigenvalue weighted by atomic mass is 9.84. The Morgan fingerprint density at radius 2 is 1.85 bits per heavy atom. The van der Waals surface area contributed by atoms with Gasteiger partial charge in [0.2, 0.25) is 0 Å². The molecule has 1 aliphatic carbocycles. The van der Waals surface area contributed by atoms with Crippen LogP contribution in [0.15, 0.2) is 59.8 Å². The minimum absolute atomic E-state index is 0.0686. The number of hydrogen-bond donors (Lipinski definition) is 1. The van der Waals surface area contributed by atoms with Gasteiger partial charge in [-0.05, 0) is 61.2 Å². The molecule has 0 spiro atoms. The molecule has 0 aliphatic heterocycles. The van der Waals surface area contributed by atoms with Crippen LogP contribution in [0.25, 0.3) is 5.69 Å². The molecule has 11 heteroatoms. The van der Waals surface area contributed by atoms with E-state index in [1.54, 1.807) is 25.3 Å². The molecule has 208 valence electrons. The second-order valence-electron chi connectivity index (χ2n) is 9.21. The van der Waals surface area contributed by atoms with Gasteiger partial charge < -0.3 is 14.6 Å². The molecule has 0 saturated carbocycles. The summed E-state index contributed by atoms with van der Waals surface area (Å²) in [5, 5.41) is 9.76. The van der Waals surface area contributed by atoms with Crippen molar-refractivity contribution in [2.45, 2.75) is 36.1 Å². The van der Waals surface area contributed by atoms with E-state index < -0.39 is 24.2 Å². The maximum Gasteiger partial charge on any atom is 0.341 e. The summed E-state index contributed by atoms with van der Waals surface area (Å²) in [7, 11) is 1.55. The number of carboxylic acids is 1. The van der Waals surface area contributed by atoms with Gasteiger partial charge in [0, 0.05) is 35.1 Å². The summed E-state index contributed by atoms with van der Waals surface area (Å²) in [5.41, 5.74) is 3.23. The summed E-state index contributed by atoms with van der Waals surface area (Å²) in [6.07, 6.45) is 2.43. The lowest BCUT2D eigenvalue weighted by molar-refractivity contribution is -0.139. The van der Waals surface area contributed by atoms with E-state index in [9.17, 15) is 18.0 Å². The van der Waals surface area contributed by atoms with E-state index in [4.69, 9.17) is 31.2 Å². The highest BCUT2D eigenvalue weighted by molar-refractivity contribution is 7.98. The number of imidazole rings is 1. The molecule has 1 N–H and O–H groups in total. The fourth-order valence-corrected chi connectivity index (χ4v) is 6.09. The second-order valence-corrected chi connectivity index (χ2v) is 10.6. The summed E-state index contributed by atoms with van der Waals surface area (Å²) in [6.45, 7) is -0.714. The van der Waals surface area contributed by atoms with Gasteiger partial charge in [0.05, 0.1) is 23.5 Å². The number of nitrogens with zero attached hydrogens (tertiary/aromatic N) is 2. The van der Waals surface area contributed by atoms with Gasteiger partial charge in [-0.15, -0.1) is 0 Å². The smallest absolute Gasteiger partial charge is 0.341 e. The first-order valence-electron chi connectivity index (χ1n) is 12.4. The van der Waals surface area contributed by atoms with Gasteiger partial charge in [-0.1, -0.05) is 29.4 Å². The number of rotatable bonds is 9. The number of thioether (sulfide) groups is 1. The van der Waals surface area contributed by atoms with Crippen LogP contribution in [0.1, 0.15) is 41.3 Å². The van der Waals surface area contributed by atoms with E-state index in [1.807, 2.05) is 16.7 Å². The zero-order valence-electron chi connectivity index (χ0n) is 21.3. The van der Waals surface area contributed by atoms with Crippen molar-refractivity contribution in [1.82, 2.24) is 9.55 Å². The van der Waals surface area contributed by atoms with Crippen molar-refractivity contribution in [2.24, 2.45) is 0 Å². The number of aliphatic carboxylic acids is 1. The van der Waals surface area contributed by atoms with E-state index in [1.165, 1.54) is 12.1 Å². The average Bonchev–Trinajstić information content (AvgIpc) is 3.30. The van der Waals surface area contributed by atoms with Gasteiger partial charge in [-0.25, -0.2) is 22.9 Å². The van der Waals surface area contributed by atoms with Gasteiger partial charge in [-0.2, -0.15) is 0 Å². The number of fused-ring (bicyclic) bond motifs is 1. The molecule has 1 unspecified atom stereocenters. The van der Waals surface area contributed by atoms with Crippen LogP contribution in [0.5, 0.6) is 11.5 Å². The number of benzene rings is 3. The van der Waals surface area contributed by atoms with Crippen LogP contribution in [0.4, 0.5) is 13.2 Å². The zero-order chi connectivity index (χ0) is 28.4. The largest absolute Gasteiger partial charge is 0.495 e. The molecule has 1 atom stereocenters. The third-order valence-corrected chi connectivity index (χ3v) is 7.96. The molecule has 0 saturated heterocycles. The molecule has 0 fully saturated rings. The molecule has 1 aliphatic rings. The zero-order valence-corrected chi connectivity index (χ0v) is 22.9. The highest BCUT2D eigenvalue weighted by Crippen LogP contribution is 2.43. The molecule has 5 rings (SSSR count). The van der Waals surface area contributed by atoms with Crippen LogP contribution in [0.3, 0.4) is 0 Å². The minimum Gasteiger partial charge on any atom is -0.495 e. The number of carbonyl (C=O) groups is 1. The third-order valence-electron chi connectivity index (χ3n) is 6.68. The van der Waals surface area contributed by atoms with Crippen molar-refractivity contribution < 1.29 is 32.5 Å². The monoisotopic (exact) mass is 588 g/mol. The number of aromatic nitrogens is 2. The van der Waals surface area contributed by atoms with E-state index in [0.29, 0.717) is 21.6 Å². The minimum atomic E-state index is -1.26. The summed E-state index contributed by atoms with van der Waals surface area (Å²) >= 11 is 7.42. The van der Waals surface area contributed by atoms with Gasteiger partial charge in [0.25, 0.3) is 0 Å². The molecule has 6 nitrogen and oxygen atoms in total. The predicted molar refractivity (Wildman–Crippen MR) is 145 cm³/mol. The van der Waals surface area contributed by atoms with Gasteiger partial charge in [-0.3, -0.25) is 4.57 Å². The number of carboxylic acid groups (broad SMARTS) is 1.